The lowest BCUT2D eigenvalue weighted by atomic mass is 10.1. The third-order valence-electron chi connectivity index (χ3n) is 5.68. The predicted molar refractivity (Wildman–Crippen MR) is 135 cm³/mol. The summed E-state index contributed by atoms with van der Waals surface area (Å²) in [5.74, 6) is 3.06. The zero-order valence-corrected chi connectivity index (χ0v) is 19.6. The summed E-state index contributed by atoms with van der Waals surface area (Å²) in [6, 6.07) is 17.9. The van der Waals surface area contributed by atoms with E-state index in [1.807, 2.05) is 59.3 Å². The van der Waals surface area contributed by atoms with Crippen LogP contribution >= 0.6 is 23.1 Å². The summed E-state index contributed by atoms with van der Waals surface area (Å²) in [4.78, 5) is 23.6. The van der Waals surface area contributed by atoms with Crippen LogP contribution in [0.3, 0.4) is 0 Å². The third-order valence-corrected chi connectivity index (χ3v) is 7.71. The van der Waals surface area contributed by atoms with E-state index in [4.69, 9.17) is 5.26 Å². The molecule has 2 N–H and O–H groups in total. The molecule has 166 valence electrons. The number of H-pyrrole nitrogens is 1. The van der Waals surface area contributed by atoms with E-state index in [1.54, 1.807) is 11.3 Å². The highest BCUT2D eigenvalue weighted by molar-refractivity contribution is 7.99. The van der Waals surface area contributed by atoms with Crippen molar-refractivity contribution in [3.8, 4) is 6.07 Å². The van der Waals surface area contributed by atoms with Gasteiger partial charge in [-0.1, -0.05) is 18.2 Å². The average molecular weight is 474 g/mol. The smallest absolute Gasteiger partial charge is 0.264 e. The number of fused-ring (bicyclic) bond motifs is 1. The van der Waals surface area contributed by atoms with Crippen LogP contribution in [0.2, 0.25) is 0 Å². The number of carbonyl (C=O) groups excluding carboxylic acids is 1. The van der Waals surface area contributed by atoms with E-state index in [9.17, 15) is 4.79 Å². The molecule has 8 heteroatoms. The number of thioether (sulfide) groups is 1. The summed E-state index contributed by atoms with van der Waals surface area (Å²) in [7, 11) is 0. The minimum atomic E-state index is 0.142. The molecule has 0 unspecified atom stereocenters. The first-order valence-corrected chi connectivity index (χ1v) is 12.8. The quantitative estimate of drug-likeness (QED) is 0.417. The number of rotatable bonds is 6. The fraction of sp³-hybridized carbons (Fsp3) is 0.240. The van der Waals surface area contributed by atoms with Gasteiger partial charge in [-0.3, -0.25) is 4.79 Å². The molecule has 0 saturated carbocycles. The zero-order chi connectivity index (χ0) is 22.6. The van der Waals surface area contributed by atoms with Crippen molar-refractivity contribution in [1.29, 1.82) is 5.26 Å². The first kappa shape index (κ1) is 21.6. The number of aromatic nitrogens is 2. The molecule has 33 heavy (non-hydrogen) atoms. The molecule has 1 aliphatic rings. The molecule has 5 rings (SSSR count). The van der Waals surface area contributed by atoms with Gasteiger partial charge in [0.1, 0.15) is 5.82 Å². The number of nitriles is 1. The minimum Gasteiger partial charge on any atom is -0.379 e. The van der Waals surface area contributed by atoms with Crippen molar-refractivity contribution in [3.05, 3.63) is 82.3 Å². The van der Waals surface area contributed by atoms with Crippen LogP contribution in [0.1, 0.15) is 32.3 Å². The van der Waals surface area contributed by atoms with Crippen LogP contribution in [-0.4, -0.2) is 45.4 Å². The molecule has 2 aromatic heterocycles. The van der Waals surface area contributed by atoms with Crippen molar-refractivity contribution >= 4 is 44.8 Å². The molecule has 1 saturated heterocycles. The largest absolute Gasteiger partial charge is 0.379 e. The molecular weight excluding hydrogens is 450 g/mol. The van der Waals surface area contributed by atoms with Gasteiger partial charge in [-0.2, -0.15) is 17.0 Å². The normalized spacial score (nSPS) is 13.7. The Bertz CT molecular complexity index is 1310. The Morgan fingerprint density at radius 2 is 2.00 bits per heavy atom. The van der Waals surface area contributed by atoms with Crippen LogP contribution in [0, 0.1) is 11.3 Å². The van der Waals surface area contributed by atoms with Crippen LogP contribution in [0.25, 0.3) is 10.1 Å². The average Bonchev–Trinajstić information content (AvgIpc) is 3.50. The highest BCUT2D eigenvalue weighted by Gasteiger charge is 2.21. The highest BCUT2D eigenvalue weighted by Crippen LogP contribution is 2.32. The zero-order valence-electron chi connectivity index (χ0n) is 18.0. The Morgan fingerprint density at radius 1 is 1.18 bits per heavy atom. The lowest BCUT2D eigenvalue weighted by molar-refractivity contribution is 0.0777. The molecule has 4 aromatic rings. The number of carbonyl (C=O) groups is 1. The van der Waals surface area contributed by atoms with Crippen LogP contribution in [0.15, 0.2) is 54.7 Å². The number of benzene rings is 2. The first-order valence-electron chi connectivity index (χ1n) is 10.8. The molecule has 1 amide bonds. The number of aromatic amines is 1. The molecule has 0 bridgehead atoms. The second kappa shape index (κ2) is 9.69. The van der Waals surface area contributed by atoms with Gasteiger partial charge in [0.25, 0.3) is 5.91 Å². The number of hydrogen-bond donors (Lipinski definition) is 2. The van der Waals surface area contributed by atoms with Crippen molar-refractivity contribution in [2.24, 2.45) is 0 Å². The van der Waals surface area contributed by atoms with E-state index in [-0.39, 0.29) is 5.91 Å². The standard InChI is InChI=1S/C25H23N5OS2/c26-14-18-6-4-17(5-7-18)12-24-28-16-19(29-24)15-27-21-2-1-3-22-20(21)13-23(33-22)25(31)30-8-10-32-11-9-30/h1-7,13,16,27H,8-12,15H2,(H,28,29). The molecular formula is C25H23N5OS2. The molecule has 0 aliphatic carbocycles. The van der Waals surface area contributed by atoms with E-state index in [0.29, 0.717) is 18.5 Å². The lowest BCUT2D eigenvalue weighted by Crippen LogP contribution is -2.37. The van der Waals surface area contributed by atoms with Crippen molar-refractivity contribution in [2.75, 3.05) is 29.9 Å². The Balaban J connectivity index is 1.26. The maximum absolute atomic E-state index is 12.9. The van der Waals surface area contributed by atoms with E-state index in [0.717, 1.165) is 62.3 Å². The summed E-state index contributed by atoms with van der Waals surface area (Å²) in [5.41, 5.74) is 3.77. The van der Waals surface area contributed by atoms with Crippen molar-refractivity contribution < 1.29 is 4.79 Å². The predicted octanol–water partition coefficient (Wildman–Crippen LogP) is 4.89. The molecule has 1 fully saturated rings. The summed E-state index contributed by atoms with van der Waals surface area (Å²) in [6.07, 6.45) is 2.54. The molecule has 1 aliphatic heterocycles. The van der Waals surface area contributed by atoms with Crippen molar-refractivity contribution in [2.45, 2.75) is 13.0 Å². The molecule has 2 aromatic carbocycles. The second-order valence-corrected chi connectivity index (χ2v) is 10.2. The molecule has 6 nitrogen and oxygen atoms in total. The van der Waals surface area contributed by atoms with Crippen LogP contribution in [0.4, 0.5) is 5.69 Å². The summed E-state index contributed by atoms with van der Waals surface area (Å²) >= 11 is 3.47. The minimum absolute atomic E-state index is 0.142. The molecule has 0 atom stereocenters. The molecule has 0 spiro atoms. The summed E-state index contributed by atoms with van der Waals surface area (Å²) in [5, 5.41) is 13.5. The Kier molecular flexibility index (Phi) is 6.33. The summed E-state index contributed by atoms with van der Waals surface area (Å²) < 4.78 is 1.11. The molecule has 0 radical (unpaired) electrons. The highest BCUT2D eigenvalue weighted by atomic mass is 32.2. The van der Waals surface area contributed by atoms with E-state index < -0.39 is 0 Å². The van der Waals surface area contributed by atoms with Gasteiger partial charge in [-0.15, -0.1) is 11.3 Å². The maximum Gasteiger partial charge on any atom is 0.264 e. The van der Waals surface area contributed by atoms with Gasteiger partial charge in [0.2, 0.25) is 0 Å². The summed E-state index contributed by atoms with van der Waals surface area (Å²) in [6.45, 7) is 2.27. The number of imidazole rings is 1. The van der Waals surface area contributed by atoms with E-state index in [1.165, 1.54) is 0 Å². The van der Waals surface area contributed by atoms with Gasteiger partial charge < -0.3 is 15.2 Å². The lowest BCUT2D eigenvalue weighted by Gasteiger charge is -2.25. The third kappa shape index (κ3) is 4.90. The van der Waals surface area contributed by atoms with E-state index >= 15 is 0 Å². The van der Waals surface area contributed by atoms with Crippen LogP contribution in [-0.2, 0) is 13.0 Å². The Labute approximate surface area is 200 Å². The first-order chi connectivity index (χ1) is 16.2. The van der Waals surface area contributed by atoms with Gasteiger partial charge in [-0.05, 0) is 35.9 Å². The van der Waals surface area contributed by atoms with Crippen molar-refractivity contribution in [3.63, 3.8) is 0 Å². The maximum atomic E-state index is 12.9. The number of amides is 1. The second-order valence-electron chi connectivity index (χ2n) is 7.93. The fourth-order valence-electron chi connectivity index (χ4n) is 3.91. The Hall–Kier alpha value is -3.28. The van der Waals surface area contributed by atoms with Gasteiger partial charge >= 0.3 is 0 Å². The number of thiophene rings is 1. The van der Waals surface area contributed by atoms with Gasteiger partial charge in [0.15, 0.2) is 0 Å². The SMILES string of the molecule is N#Cc1ccc(Cc2ncc(CNc3cccc4sc(C(=O)N5CCSCC5)cc34)[nH]2)cc1. The number of nitrogens with zero attached hydrogens (tertiary/aromatic N) is 3. The monoisotopic (exact) mass is 473 g/mol. The van der Waals surface area contributed by atoms with Crippen molar-refractivity contribution in [1.82, 2.24) is 14.9 Å². The number of hydrogen-bond acceptors (Lipinski definition) is 6. The van der Waals surface area contributed by atoms with E-state index in [2.05, 4.69) is 33.5 Å². The van der Waals surface area contributed by atoms with Crippen LogP contribution < -0.4 is 5.32 Å². The molecule has 3 heterocycles. The van der Waals surface area contributed by atoms with Gasteiger partial charge in [-0.25, -0.2) is 4.98 Å². The topological polar surface area (TPSA) is 84.8 Å². The number of anilines is 1. The fourth-order valence-corrected chi connectivity index (χ4v) is 5.87. The van der Waals surface area contributed by atoms with Gasteiger partial charge in [0, 0.05) is 46.8 Å². The number of nitrogens with one attached hydrogen (secondary N) is 2. The van der Waals surface area contributed by atoms with Gasteiger partial charge in [0.05, 0.1) is 34.9 Å². The Morgan fingerprint density at radius 3 is 2.79 bits per heavy atom. The van der Waals surface area contributed by atoms with Crippen LogP contribution in [0.5, 0.6) is 0 Å².